The predicted octanol–water partition coefficient (Wildman–Crippen LogP) is -0.943. The first-order valence-corrected chi connectivity index (χ1v) is 2.43. The Morgan fingerprint density at radius 3 is 1.18 bits per heavy atom. The van der Waals surface area contributed by atoms with Crippen LogP contribution in [0.15, 0.2) is 0 Å². The Kier molecular flexibility index (Phi) is 14.1. The summed E-state index contributed by atoms with van der Waals surface area (Å²) in [7, 11) is 2.75. The molecule has 0 N–H and O–H groups in total. The van der Waals surface area contributed by atoms with E-state index in [1.807, 2.05) is 0 Å². The quantitative estimate of drug-likeness (QED) is 0.295. The van der Waals surface area contributed by atoms with Crippen LogP contribution in [0.5, 0.6) is 0 Å². The van der Waals surface area contributed by atoms with Gasteiger partial charge in [0.25, 0.3) is 0 Å². The molecule has 0 fully saturated rings. The molecule has 0 unspecified atom stereocenters. The molecule has 6 nitrogen and oxygen atoms in total. The summed E-state index contributed by atoms with van der Waals surface area (Å²) in [6.45, 7) is 0. The summed E-state index contributed by atoms with van der Waals surface area (Å²) in [5.41, 5.74) is 0. The molecule has 0 bridgehead atoms. The third-order valence-corrected chi connectivity index (χ3v) is 0.524. The molecule has 0 aromatic carbocycles. The molecule has 0 aromatic heterocycles. The molecule has 0 saturated carbocycles. The van der Waals surface area contributed by atoms with Crippen molar-refractivity contribution in [2.45, 2.75) is 0 Å². The fourth-order valence-electron chi connectivity index (χ4n) is 0.284. The molecule has 0 heterocycles. The molecule has 62 valence electrons. The Labute approximate surface area is 87.3 Å². The van der Waals surface area contributed by atoms with Gasteiger partial charge in [0.2, 0.25) is 0 Å². The van der Waals surface area contributed by atoms with Crippen molar-refractivity contribution >= 4 is 36.9 Å². The second kappa shape index (κ2) is 10.8. The van der Waals surface area contributed by atoms with Crippen LogP contribution in [-0.4, -0.2) is 58.2 Å². The van der Waals surface area contributed by atoms with Crippen LogP contribution in [0, 0.1) is 0 Å². The van der Waals surface area contributed by atoms with Crippen LogP contribution in [0.2, 0.25) is 0 Å². The first-order valence-electron chi connectivity index (χ1n) is 2.43. The fraction of sp³-hybridized carbons (Fsp3) is 1.00. The van der Waals surface area contributed by atoms with Crippen LogP contribution in [0.1, 0.15) is 0 Å². The Hall–Kier alpha value is 0.825. The Bertz CT molecular complexity index is 60.6. The van der Waals surface area contributed by atoms with Crippen molar-refractivity contribution in [3.05, 3.63) is 0 Å². The molecule has 0 radical (unpaired) electrons. The molecule has 0 spiro atoms. The molecule has 0 atom stereocenters. The van der Waals surface area contributed by atoms with Crippen molar-refractivity contribution in [1.29, 1.82) is 0 Å². The standard InChI is InChI=1S/C3H9BO6.Na.H/c1-5-8-4(9-6-2)10-7-3;;/h1-3H3;;. The van der Waals surface area contributed by atoms with Gasteiger partial charge in [0, 0.05) is 0 Å². The van der Waals surface area contributed by atoms with Crippen molar-refractivity contribution in [2.24, 2.45) is 0 Å². The molecule has 11 heavy (non-hydrogen) atoms. The fourth-order valence-corrected chi connectivity index (χ4v) is 0.284. The Morgan fingerprint density at radius 1 is 0.727 bits per heavy atom. The molecule has 8 heteroatoms. The normalized spacial score (nSPS) is 9.00. The second-order valence-corrected chi connectivity index (χ2v) is 1.08. The summed E-state index contributed by atoms with van der Waals surface area (Å²) < 4.78 is 0. The molecule has 0 aliphatic rings. The van der Waals surface area contributed by atoms with Gasteiger partial charge in [-0.05, 0) is 0 Å². The zero-order valence-corrected chi connectivity index (χ0v) is 6.03. The van der Waals surface area contributed by atoms with E-state index in [0.717, 1.165) is 0 Å². The number of hydrogen-bond donors (Lipinski definition) is 0. The first kappa shape index (κ1) is 14.4. The minimum atomic E-state index is -1.14. The van der Waals surface area contributed by atoms with E-state index in [0.29, 0.717) is 0 Å². The summed E-state index contributed by atoms with van der Waals surface area (Å²) in [5.74, 6) is 0. The van der Waals surface area contributed by atoms with E-state index in [-0.39, 0.29) is 29.6 Å². The maximum atomic E-state index is 4.33. The monoisotopic (exact) mass is 176 g/mol. The van der Waals surface area contributed by atoms with Gasteiger partial charge in [-0.3, -0.25) is 14.7 Å². The average Bonchev–Trinajstić information content (AvgIpc) is 1.90. The summed E-state index contributed by atoms with van der Waals surface area (Å²) in [5, 5.41) is 0. The summed E-state index contributed by atoms with van der Waals surface area (Å²) in [6, 6.07) is 0. The molecule has 0 rings (SSSR count). The van der Waals surface area contributed by atoms with E-state index in [4.69, 9.17) is 0 Å². The molecular formula is C3H10BNaO6. The number of rotatable bonds is 6. The maximum absolute atomic E-state index is 4.33. The van der Waals surface area contributed by atoms with Gasteiger partial charge in [0.1, 0.15) is 0 Å². The van der Waals surface area contributed by atoms with Crippen LogP contribution in [0.25, 0.3) is 0 Å². The van der Waals surface area contributed by atoms with Gasteiger partial charge in [-0.2, -0.15) is 0 Å². The number of hydrogen-bond acceptors (Lipinski definition) is 6. The van der Waals surface area contributed by atoms with Crippen LogP contribution in [-0.2, 0) is 29.1 Å². The Balaban J connectivity index is 0. The zero-order valence-electron chi connectivity index (χ0n) is 6.03. The minimum absolute atomic E-state index is 0. The van der Waals surface area contributed by atoms with E-state index in [1.165, 1.54) is 21.3 Å². The average molecular weight is 176 g/mol. The van der Waals surface area contributed by atoms with Crippen molar-refractivity contribution in [2.75, 3.05) is 21.3 Å². The SMILES string of the molecule is COOB(OOC)OOC.[NaH]. The zero-order chi connectivity index (χ0) is 7.82. The van der Waals surface area contributed by atoms with Crippen LogP contribution >= 0.6 is 0 Å². The second-order valence-electron chi connectivity index (χ2n) is 1.08. The van der Waals surface area contributed by atoms with Crippen molar-refractivity contribution in [3.8, 4) is 0 Å². The van der Waals surface area contributed by atoms with Gasteiger partial charge in [0.15, 0.2) is 0 Å². The molecule has 0 amide bonds. The molecule has 0 aliphatic heterocycles. The molecule has 0 saturated heterocycles. The van der Waals surface area contributed by atoms with Crippen LogP contribution < -0.4 is 0 Å². The molecule has 0 aromatic rings. The van der Waals surface area contributed by atoms with Gasteiger partial charge in [0.05, 0.1) is 21.3 Å². The van der Waals surface area contributed by atoms with Crippen molar-refractivity contribution in [3.63, 3.8) is 0 Å². The first-order chi connectivity index (χ1) is 4.85. The third-order valence-electron chi connectivity index (χ3n) is 0.524. The topological polar surface area (TPSA) is 55.4 Å². The van der Waals surface area contributed by atoms with Crippen molar-refractivity contribution in [1.82, 2.24) is 0 Å². The van der Waals surface area contributed by atoms with E-state index in [9.17, 15) is 0 Å². The molecular weight excluding hydrogens is 166 g/mol. The van der Waals surface area contributed by atoms with Crippen LogP contribution in [0.4, 0.5) is 0 Å². The van der Waals surface area contributed by atoms with Gasteiger partial charge >= 0.3 is 36.9 Å². The van der Waals surface area contributed by atoms with Gasteiger partial charge in [-0.1, -0.05) is 0 Å². The van der Waals surface area contributed by atoms with Crippen molar-refractivity contribution < 1.29 is 29.1 Å². The summed E-state index contributed by atoms with van der Waals surface area (Å²) in [4.78, 5) is 25.6. The van der Waals surface area contributed by atoms with E-state index in [1.54, 1.807) is 0 Å². The third kappa shape index (κ3) is 8.73. The molecule has 0 aliphatic carbocycles. The van der Waals surface area contributed by atoms with E-state index >= 15 is 0 Å². The van der Waals surface area contributed by atoms with E-state index < -0.39 is 7.32 Å². The Morgan fingerprint density at radius 2 is 1.00 bits per heavy atom. The summed E-state index contributed by atoms with van der Waals surface area (Å²) in [6.07, 6.45) is 0. The van der Waals surface area contributed by atoms with Crippen LogP contribution in [0.3, 0.4) is 0 Å². The van der Waals surface area contributed by atoms with Gasteiger partial charge in [-0.15, -0.1) is 0 Å². The summed E-state index contributed by atoms with van der Waals surface area (Å²) >= 11 is 0. The predicted molar refractivity (Wildman–Crippen MR) is 37.2 cm³/mol. The van der Waals surface area contributed by atoms with E-state index in [2.05, 4.69) is 29.1 Å². The van der Waals surface area contributed by atoms with Gasteiger partial charge < -0.3 is 0 Å². The van der Waals surface area contributed by atoms with Gasteiger partial charge in [-0.25, -0.2) is 14.4 Å².